The first-order valence-corrected chi connectivity index (χ1v) is 9.68. The van der Waals surface area contributed by atoms with Gasteiger partial charge in [0, 0.05) is 5.92 Å². The lowest BCUT2D eigenvalue weighted by molar-refractivity contribution is -0.163. The zero-order valence-electron chi connectivity index (χ0n) is 17.3. The van der Waals surface area contributed by atoms with E-state index in [0.29, 0.717) is 0 Å². The lowest BCUT2D eigenvalue weighted by atomic mass is 9.86. The largest absolute Gasteiger partial charge is 0.480 e. The highest BCUT2D eigenvalue weighted by Crippen LogP contribution is 2.44. The Morgan fingerprint density at radius 1 is 0.871 bits per heavy atom. The maximum Gasteiger partial charge on any atom is 0.326 e. The van der Waals surface area contributed by atoms with E-state index in [2.05, 4.69) is 14.8 Å². The number of carboxylic acid groups (broad SMARTS) is 1. The van der Waals surface area contributed by atoms with Crippen LogP contribution < -0.4 is 5.32 Å². The SMILES string of the molecule is COC(=O)C(C(=O)OC)[C@H](C)[C@H](NC(=O)C1c2ccccc2-c2ccccc21)C(=O)O. The van der Waals surface area contributed by atoms with Crippen LogP contribution in [0.4, 0.5) is 0 Å². The minimum Gasteiger partial charge on any atom is -0.480 e. The molecule has 0 saturated heterocycles. The van der Waals surface area contributed by atoms with Gasteiger partial charge in [-0.3, -0.25) is 14.4 Å². The van der Waals surface area contributed by atoms with E-state index in [1.807, 2.05) is 48.5 Å². The molecule has 8 nitrogen and oxygen atoms in total. The Balaban J connectivity index is 1.94. The second-order valence-corrected chi connectivity index (χ2v) is 7.32. The molecule has 0 aliphatic heterocycles. The molecule has 0 unspecified atom stereocenters. The number of hydrogen-bond acceptors (Lipinski definition) is 6. The molecule has 8 heteroatoms. The Morgan fingerprint density at radius 3 is 1.74 bits per heavy atom. The molecule has 2 aromatic rings. The minimum atomic E-state index is -1.52. The van der Waals surface area contributed by atoms with Crippen LogP contribution in [-0.4, -0.2) is 49.2 Å². The van der Waals surface area contributed by atoms with Crippen LogP contribution in [-0.2, 0) is 28.7 Å². The van der Waals surface area contributed by atoms with Gasteiger partial charge in [0.05, 0.1) is 20.1 Å². The van der Waals surface area contributed by atoms with Gasteiger partial charge in [-0.15, -0.1) is 0 Å². The van der Waals surface area contributed by atoms with Crippen molar-refractivity contribution in [3.63, 3.8) is 0 Å². The molecule has 0 saturated carbocycles. The molecule has 2 atom stereocenters. The predicted octanol–water partition coefficient (Wildman–Crippen LogP) is 1.97. The van der Waals surface area contributed by atoms with E-state index in [-0.39, 0.29) is 0 Å². The highest BCUT2D eigenvalue weighted by molar-refractivity contribution is 5.99. The molecule has 1 aliphatic rings. The molecule has 0 spiro atoms. The molecular formula is C23H23NO7. The normalized spacial score (nSPS) is 14.2. The van der Waals surface area contributed by atoms with E-state index in [1.165, 1.54) is 6.92 Å². The van der Waals surface area contributed by atoms with E-state index < -0.39 is 47.6 Å². The number of methoxy groups -OCH3 is 2. The molecule has 1 aliphatic carbocycles. The predicted molar refractivity (Wildman–Crippen MR) is 110 cm³/mol. The first-order chi connectivity index (χ1) is 14.8. The van der Waals surface area contributed by atoms with Crippen molar-refractivity contribution in [2.24, 2.45) is 11.8 Å². The van der Waals surface area contributed by atoms with Gasteiger partial charge in [0.25, 0.3) is 0 Å². The van der Waals surface area contributed by atoms with Crippen molar-refractivity contribution in [1.82, 2.24) is 5.32 Å². The molecule has 31 heavy (non-hydrogen) atoms. The molecule has 0 aromatic heterocycles. The second kappa shape index (κ2) is 8.99. The molecule has 0 fully saturated rings. The number of amides is 1. The third-order valence-corrected chi connectivity index (χ3v) is 5.62. The van der Waals surface area contributed by atoms with Crippen LogP contribution in [0.15, 0.2) is 48.5 Å². The van der Waals surface area contributed by atoms with E-state index in [4.69, 9.17) is 0 Å². The number of nitrogens with one attached hydrogen (secondary N) is 1. The fourth-order valence-corrected chi connectivity index (χ4v) is 4.06. The molecular weight excluding hydrogens is 402 g/mol. The molecule has 0 heterocycles. The number of carbonyl (C=O) groups excluding carboxylic acids is 3. The molecule has 0 radical (unpaired) electrons. The number of fused-ring (bicyclic) bond motifs is 3. The van der Waals surface area contributed by atoms with E-state index in [0.717, 1.165) is 36.5 Å². The summed E-state index contributed by atoms with van der Waals surface area (Å²) < 4.78 is 9.28. The second-order valence-electron chi connectivity index (χ2n) is 7.32. The lowest BCUT2D eigenvalue weighted by Gasteiger charge is -2.27. The smallest absolute Gasteiger partial charge is 0.326 e. The van der Waals surface area contributed by atoms with Crippen LogP contribution in [0.1, 0.15) is 24.0 Å². The molecule has 2 N–H and O–H groups in total. The van der Waals surface area contributed by atoms with Crippen LogP contribution in [0.5, 0.6) is 0 Å². The fraction of sp³-hybridized carbons (Fsp3) is 0.304. The molecule has 162 valence electrons. The standard InChI is InChI=1S/C23H23NO7/c1-12(17(22(28)30-2)23(29)31-3)19(21(26)27)24-20(25)18-15-10-6-4-8-13(15)14-9-5-7-11-16(14)18/h4-12,17-19H,1-3H3,(H,24,25)(H,26,27)/t12-,19-/m0/s1. The summed E-state index contributed by atoms with van der Waals surface area (Å²) in [6, 6.07) is 13.3. The van der Waals surface area contributed by atoms with Crippen molar-refractivity contribution in [1.29, 1.82) is 0 Å². The van der Waals surface area contributed by atoms with Crippen LogP contribution in [0.3, 0.4) is 0 Å². The summed E-state index contributed by atoms with van der Waals surface area (Å²) in [5, 5.41) is 12.3. The van der Waals surface area contributed by atoms with E-state index in [9.17, 15) is 24.3 Å². The number of carbonyl (C=O) groups is 4. The number of hydrogen-bond donors (Lipinski definition) is 2. The zero-order chi connectivity index (χ0) is 22.7. The summed E-state index contributed by atoms with van der Waals surface area (Å²) in [6.45, 7) is 1.38. The first-order valence-electron chi connectivity index (χ1n) is 9.68. The van der Waals surface area contributed by atoms with Gasteiger partial charge in [0.2, 0.25) is 5.91 Å². The average Bonchev–Trinajstić information content (AvgIpc) is 3.11. The van der Waals surface area contributed by atoms with E-state index in [1.54, 1.807) is 0 Å². The molecule has 1 amide bonds. The summed E-state index contributed by atoms with van der Waals surface area (Å²) in [5.74, 6) is -7.11. The van der Waals surface area contributed by atoms with Crippen molar-refractivity contribution < 1.29 is 33.8 Å². The van der Waals surface area contributed by atoms with Gasteiger partial charge in [-0.25, -0.2) is 4.79 Å². The zero-order valence-corrected chi connectivity index (χ0v) is 17.3. The van der Waals surface area contributed by atoms with Crippen molar-refractivity contribution in [3.8, 4) is 11.1 Å². The fourth-order valence-electron chi connectivity index (χ4n) is 4.06. The highest BCUT2D eigenvalue weighted by Gasteiger charge is 2.43. The number of rotatable bonds is 7. The molecule has 2 aromatic carbocycles. The van der Waals surface area contributed by atoms with Gasteiger partial charge < -0.3 is 19.9 Å². The van der Waals surface area contributed by atoms with Gasteiger partial charge in [0.1, 0.15) is 6.04 Å². The number of aliphatic carboxylic acids is 1. The third kappa shape index (κ3) is 4.01. The highest BCUT2D eigenvalue weighted by atomic mass is 16.5. The summed E-state index contributed by atoms with van der Waals surface area (Å²) >= 11 is 0. The van der Waals surface area contributed by atoms with Crippen molar-refractivity contribution in [2.45, 2.75) is 18.9 Å². The summed E-state index contributed by atoms with van der Waals surface area (Å²) in [7, 11) is 2.18. The average molecular weight is 425 g/mol. The third-order valence-electron chi connectivity index (χ3n) is 5.62. The summed E-state index contributed by atoms with van der Waals surface area (Å²) in [4.78, 5) is 49.5. The van der Waals surface area contributed by atoms with Crippen LogP contribution in [0, 0.1) is 11.8 Å². The number of benzene rings is 2. The Labute approximate surface area is 179 Å². The summed E-state index contributed by atoms with van der Waals surface area (Å²) in [6.07, 6.45) is 0. The van der Waals surface area contributed by atoms with Gasteiger partial charge in [0.15, 0.2) is 5.92 Å². The summed E-state index contributed by atoms with van der Waals surface area (Å²) in [5.41, 5.74) is 3.33. The maximum absolute atomic E-state index is 13.3. The van der Waals surface area contributed by atoms with Crippen LogP contribution >= 0.6 is 0 Å². The number of ether oxygens (including phenoxy) is 2. The number of carboxylic acids is 1. The van der Waals surface area contributed by atoms with Gasteiger partial charge in [-0.1, -0.05) is 55.5 Å². The first kappa shape index (κ1) is 22.0. The Hall–Kier alpha value is -3.68. The Morgan fingerprint density at radius 2 is 1.32 bits per heavy atom. The van der Waals surface area contributed by atoms with Gasteiger partial charge in [-0.05, 0) is 22.3 Å². The number of esters is 2. The van der Waals surface area contributed by atoms with Crippen molar-refractivity contribution >= 4 is 23.8 Å². The van der Waals surface area contributed by atoms with Crippen LogP contribution in [0.25, 0.3) is 11.1 Å². The Bertz CT molecular complexity index is 971. The van der Waals surface area contributed by atoms with E-state index >= 15 is 0 Å². The topological polar surface area (TPSA) is 119 Å². The van der Waals surface area contributed by atoms with Crippen molar-refractivity contribution in [3.05, 3.63) is 59.7 Å². The van der Waals surface area contributed by atoms with Gasteiger partial charge in [-0.2, -0.15) is 0 Å². The van der Waals surface area contributed by atoms with Crippen LogP contribution in [0.2, 0.25) is 0 Å². The molecule has 3 rings (SSSR count). The monoisotopic (exact) mass is 425 g/mol. The molecule has 0 bridgehead atoms. The van der Waals surface area contributed by atoms with Gasteiger partial charge >= 0.3 is 17.9 Å². The maximum atomic E-state index is 13.3. The lowest BCUT2D eigenvalue weighted by Crippen LogP contribution is -2.51. The Kier molecular flexibility index (Phi) is 6.39. The quantitative estimate of drug-likeness (QED) is 0.514. The van der Waals surface area contributed by atoms with Crippen molar-refractivity contribution in [2.75, 3.05) is 14.2 Å². The minimum absolute atomic E-state index is 0.537.